The van der Waals surface area contributed by atoms with Crippen molar-refractivity contribution in [2.75, 3.05) is 31.9 Å². The Kier molecular flexibility index (Phi) is 9.72. The molecule has 2 fully saturated rings. The lowest BCUT2D eigenvalue weighted by Gasteiger charge is -2.44. The minimum absolute atomic E-state index is 0.0453. The number of carbonyl (C=O) groups is 1. The van der Waals surface area contributed by atoms with Gasteiger partial charge in [-0.3, -0.25) is 4.90 Å². The number of nitrogens with zero attached hydrogens (tertiary/aromatic N) is 5. The zero-order valence-electron chi connectivity index (χ0n) is 26.4. The molecular weight excluding hydrogens is 542 g/mol. The number of hydrogen-bond donors (Lipinski definition) is 1. The number of carbonyl (C=O) groups excluding carboxylic acids is 1. The standard InChI is InChI=1S/C31H50F2N6O3/c1-8-25(41-22(4)21(2)3)24(39-15-11-23-26(34)35-20-36-27(23)39)10-9-14-38-19-31(32,33)18-30(38)12-16-37(17-13-30)28(40)42-29(5,6)7/h11,15,20-22,24-25H,8-10,12-14,16-19H2,1-7H3,(H2,34,35,36)/t22?,24-,25-/m1/s1. The lowest BCUT2D eigenvalue weighted by atomic mass is 9.84. The van der Waals surface area contributed by atoms with E-state index < -0.39 is 17.1 Å². The summed E-state index contributed by atoms with van der Waals surface area (Å²) in [5.41, 5.74) is 5.68. The molecule has 0 aliphatic carbocycles. The molecule has 1 amide bonds. The molecule has 42 heavy (non-hydrogen) atoms. The molecular formula is C31H50F2N6O3. The second kappa shape index (κ2) is 12.6. The Morgan fingerprint density at radius 1 is 1.17 bits per heavy atom. The first kappa shape index (κ1) is 32.4. The van der Waals surface area contributed by atoms with Gasteiger partial charge in [-0.25, -0.2) is 23.5 Å². The van der Waals surface area contributed by atoms with Crippen molar-refractivity contribution in [1.82, 2.24) is 24.3 Å². The molecule has 2 saturated heterocycles. The first-order valence-corrected chi connectivity index (χ1v) is 15.5. The number of alkyl halides is 2. The van der Waals surface area contributed by atoms with Gasteiger partial charge in [-0.1, -0.05) is 20.8 Å². The van der Waals surface area contributed by atoms with Gasteiger partial charge in [-0.2, -0.15) is 0 Å². The molecule has 1 unspecified atom stereocenters. The van der Waals surface area contributed by atoms with Crippen LogP contribution in [0.15, 0.2) is 18.6 Å². The molecule has 2 N–H and O–H groups in total. The van der Waals surface area contributed by atoms with E-state index in [1.165, 1.54) is 6.33 Å². The fourth-order valence-electron chi connectivity index (χ4n) is 6.48. The predicted molar refractivity (Wildman–Crippen MR) is 161 cm³/mol. The molecule has 0 saturated carbocycles. The maximum absolute atomic E-state index is 14.9. The van der Waals surface area contributed by atoms with Gasteiger partial charge in [0.2, 0.25) is 0 Å². The summed E-state index contributed by atoms with van der Waals surface area (Å²) in [6.07, 6.45) is 6.18. The minimum atomic E-state index is -2.75. The normalized spacial score (nSPS) is 21.2. The van der Waals surface area contributed by atoms with Gasteiger partial charge in [-0.05, 0) is 78.3 Å². The lowest BCUT2D eigenvalue weighted by Crippen LogP contribution is -2.54. The highest BCUT2D eigenvalue weighted by molar-refractivity contribution is 5.86. The Balaban J connectivity index is 1.50. The van der Waals surface area contributed by atoms with Gasteiger partial charge in [0.1, 0.15) is 23.4 Å². The maximum atomic E-state index is 14.9. The SMILES string of the molecule is CC[C@@H](OC(C)C(C)C)[C@@H](CCCN1CC(F)(F)CC12CCN(C(=O)OC(C)(C)C)CC2)n1ccc2c(N)ncnc21. The smallest absolute Gasteiger partial charge is 0.410 e. The average Bonchev–Trinajstić information content (AvgIpc) is 3.43. The molecule has 11 heteroatoms. The highest BCUT2D eigenvalue weighted by atomic mass is 19.3. The molecule has 2 aromatic rings. The zero-order chi connectivity index (χ0) is 30.9. The first-order valence-electron chi connectivity index (χ1n) is 15.5. The van der Waals surface area contributed by atoms with Crippen LogP contribution in [0.2, 0.25) is 0 Å². The number of ether oxygens (including phenoxy) is 2. The number of amides is 1. The van der Waals surface area contributed by atoms with Gasteiger partial charge < -0.3 is 24.7 Å². The van der Waals surface area contributed by atoms with Crippen LogP contribution in [0.5, 0.6) is 0 Å². The van der Waals surface area contributed by atoms with Gasteiger partial charge >= 0.3 is 6.09 Å². The van der Waals surface area contributed by atoms with E-state index in [1.54, 1.807) is 4.90 Å². The number of piperidine rings is 1. The van der Waals surface area contributed by atoms with E-state index in [2.05, 4.69) is 42.2 Å². The van der Waals surface area contributed by atoms with Gasteiger partial charge in [0, 0.05) is 31.2 Å². The Morgan fingerprint density at radius 2 is 1.86 bits per heavy atom. The third-order valence-electron chi connectivity index (χ3n) is 9.01. The molecule has 4 heterocycles. The van der Waals surface area contributed by atoms with Crippen LogP contribution in [-0.2, 0) is 9.47 Å². The fraction of sp³-hybridized carbons (Fsp3) is 0.774. The van der Waals surface area contributed by atoms with Crippen LogP contribution >= 0.6 is 0 Å². The molecule has 0 aromatic carbocycles. The van der Waals surface area contributed by atoms with Crippen molar-refractivity contribution in [2.24, 2.45) is 5.92 Å². The molecule has 2 aromatic heterocycles. The number of aromatic nitrogens is 3. The van der Waals surface area contributed by atoms with Crippen molar-refractivity contribution in [1.29, 1.82) is 0 Å². The van der Waals surface area contributed by atoms with E-state index in [0.29, 0.717) is 50.6 Å². The second-order valence-electron chi connectivity index (χ2n) is 13.6. The predicted octanol–water partition coefficient (Wildman–Crippen LogP) is 6.29. The van der Waals surface area contributed by atoms with Crippen LogP contribution in [-0.4, -0.2) is 85.9 Å². The van der Waals surface area contributed by atoms with Crippen molar-refractivity contribution in [3.05, 3.63) is 18.6 Å². The summed E-state index contributed by atoms with van der Waals surface area (Å²) in [4.78, 5) is 24.9. The molecule has 0 radical (unpaired) electrons. The quantitative estimate of drug-likeness (QED) is 0.346. The zero-order valence-corrected chi connectivity index (χ0v) is 26.4. The number of fused-ring (bicyclic) bond motifs is 1. The van der Waals surface area contributed by atoms with Crippen LogP contribution in [0, 0.1) is 5.92 Å². The third-order valence-corrected chi connectivity index (χ3v) is 9.01. The number of likely N-dealkylation sites (tertiary alicyclic amines) is 2. The lowest BCUT2D eigenvalue weighted by molar-refractivity contribution is -0.0537. The number of anilines is 1. The number of rotatable bonds is 10. The van der Waals surface area contributed by atoms with Crippen molar-refractivity contribution in [2.45, 2.75) is 122 Å². The Hall–Kier alpha value is -2.53. The largest absolute Gasteiger partial charge is 0.444 e. The van der Waals surface area contributed by atoms with Gasteiger partial charge in [-0.15, -0.1) is 0 Å². The van der Waals surface area contributed by atoms with Crippen LogP contribution in [0.1, 0.15) is 93.0 Å². The van der Waals surface area contributed by atoms with Gasteiger partial charge in [0.25, 0.3) is 5.92 Å². The fourth-order valence-corrected chi connectivity index (χ4v) is 6.48. The average molecular weight is 593 g/mol. The molecule has 3 atom stereocenters. The molecule has 4 rings (SSSR count). The topological polar surface area (TPSA) is 98.7 Å². The third kappa shape index (κ3) is 7.33. The monoisotopic (exact) mass is 592 g/mol. The second-order valence-corrected chi connectivity index (χ2v) is 13.6. The van der Waals surface area contributed by atoms with Crippen molar-refractivity contribution in [3.63, 3.8) is 0 Å². The van der Waals surface area contributed by atoms with Gasteiger partial charge in [0.15, 0.2) is 0 Å². The van der Waals surface area contributed by atoms with Crippen LogP contribution in [0.25, 0.3) is 11.0 Å². The maximum Gasteiger partial charge on any atom is 0.410 e. The van der Waals surface area contributed by atoms with Crippen molar-refractivity contribution in [3.8, 4) is 0 Å². The van der Waals surface area contributed by atoms with Crippen molar-refractivity contribution < 1.29 is 23.0 Å². The minimum Gasteiger partial charge on any atom is -0.444 e. The van der Waals surface area contributed by atoms with Gasteiger partial charge in [0.05, 0.1) is 30.2 Å². The summed E-state index contributed by atoms with van der Waals surface area (Å²) in [7, 11) is 0. The highest BCUT2D eigenvalue weighted by Gasteiger charge is 2.55. The number of nitrogens with two attached hydrogens (primary N) is 1. The summed E-state index contributed by atoms with van der Waals surface area (Å²) in [6.45, 7) is 15.1. The number of nitrogen functional groups attached to an aromatic ring is 1. The van der Waals surface area contributed by atoms with E-state index in [4.69, 9.17) is 15.2 Å². The van der Waals surface area contributed by atoms with Crippen molar-refractivity contribution >= 4 is 22.9 Å². The Labute approximate surface area is 249 Å². The van der Waals surface area contributed by atoms with E-state index in [9.17, 15) is 13.6 Å². The first-order chi connectivity index (χ1) is 19.6. The highest BCUT2D eigenvalue weighted by Crippen LogP contribution is 2.46. The van der Waals surface area contributed by atoms with E-state index in [1.807, 2.05) is 37.9 Å². The Morgan fingerprint density at radius 3 is 2.48 bits per heavy atom. The number of hydrogen-bond acceptors (Lipinski definition) is 7. The summed E-state index contributed by atoms with van der Waals surface area (Å²) in [5, 5.41) is 0.796. The van der Waals surface area contributed by atoms with Crippen LogP contribution in [0.4, 0.5) is 19.4 Å². The number of halogens is 2. The van der Waals surface area contributed by atoms with E-state index in [0.717, 1.165) is 23.9 Å². The summed E-state index contributed by atoms with van der Waals surface area (Å²) >= 11 is 0. The van der Waals surface area contributed by atoms with E-state index in [-0.39, 0.29) is 37.3 Å². The molecule has 9 nitrogen and oxygen atoms in total. The summed E-state index contributed by atoms with van der Waals surface area (Å²) < 4.78 is 44.1. The molecule has 1 spiro atoms. The molecule has 2 aliphatic rings. The summed E-state index contributed by atoms with van der Waals surface area (Å²) in [6, 6.07) is 1.89. The Bertz CT molecular complexity index is 1200. The van der Waals surface area contributed by atoms with E-state index >= 15 is 0 Å². The molecule has 236 valence electrons. The van der Waals surface area contributed by atoms with Crippen LogP contribution < -0.4 is 5.73 Å². The summed E-state index contributed by atoms with van der Waals surface area (Å²) in [5.74, 6) is -1.96. The van der Waals surface area contributed by atoms with Crippen LogP contribution in [0.3, 0.4) is 0 Å². The molecule has 0 bridgehead atoms. The molecule has 2 aliphatic heterocycles.